The molecule has 0 bridgehead atoms. The Morgan fingerprint density at radius 1 is 0.966 bits per heavy atom. The van der Waals surface area contributed by atoms with Gasteiger partial charge in [-0.15, -0.1) is 0 Å². The maximum absolute atomic E-state index is 12.5. The third-order valence-electron chi connectivity index (χ3n) is 5.01. The van der Waals surface area contributed by atoms with Crippen LogP contribution in [-0.4, -0.2) is 43.4 Å². The van der Waals surface area contributed by atoms with Gasteiger partial charge < -0.3 is 15.5 Å². The second-order valence-electron chi connectivity index (χ2n) is 7.66. The molecule has 2 N–H and O–H groups in total. The summed E-state index contributed by atoms with van der Waals surface area (Å²) in [7, 11) is 1.96. The van der Waals surface area contributed by atoms with E-state index in [-0.39, 0.29) is 11.8 Å². The Labute approximate surface area is 172 Å². The second kappa shape index (κ2) is 10.1. The fourth-order valence-corrected chi connectivity index (χ4v) is 3.76. The number of rotatable bonds is 7. The van der Waals surface area contributed by atoms with E-state index in [2.05, 4.69) is 39.8 Å². The van der Waals surface area contributed by atoms with Crippen molar-refractivity contribution >= 4 is 28.9 Å². The first kappa shape index (κ1) is 20.9. The van der Waals surface area contributed by atoms with Crippen molar-refractivity contribution in [2.24, 2.45) is 0 Å². The molecule has 2 aromatic rings. The van der Waals surface area contributed by atoms with Crippen LogP contribution in [0.15, 0.2) is 48.5 Å². The minimum Gasteiger partial charge on any atom is -0.371 e. The van der Waals surface area contributed by atoms with E-state index in [1.165, 1.54) is 37.4 Å². The van der Waals surface area contributed by atoms with Crippen molar-refractivity contribution in [2.75, 3.05) is 42.2 Å². The number of carbonyl (C=O) groups excluding carboxylic acids is 2. The number of hydrogen-bond acceptors (Lipinski definition) is 4. The van der Waals surface area contributed by atoms with Crippen molar-refractivity contribution in [2.45, 2.75) is 32.7 Å². The summed E-state index contributed by atoms with van der Waals surface area (Å²) in [4.78, 5) is 28.2. The molecule has 0 atom stereocenters. The Balaban J connectivity index is 1.57. The molecule has 0 spiro atoms. The smallest absolute Gasteiger partial charge is 0.238 e. The van der Waals surface area contributed by atoms with Crippen LogP contribution in [-0.2, 0) is 16.1 Å². The van der Waals surface area contributed by atoms with E-state index in [9.17, 15) is 9.59 Å². The Bertz CT molecular complexity index is 846. The number of likely N-dealkylation sites (N-methyl/N-ethyl adjacent to an activating group) is 1. The van der Waals surface area contributed by atoms with Crippen molar-refractivity contribution in [1.29, 1.82) is 0 Å². The van der Waals surface area contributed by atoms with E-state index in [0.29, 0.717) is 24.5 Å². The third-order valence-corrected chi connectivity index (χ3v) is 5.01. The first-order valence-electron chi connectivity index (χ1n) is 10.2. The quantitative estimate of drug-likeness (QED) is 0.751. The van der Waals surface area contributed by atoms with Crippen LogP contribution in [0.2, 0.25) is 0 Å². The number of para-hydroxylation sites is 1. The van der Waals surface area contributed by atoms with Gasteiger partial charge in [0, 0.05) is 43.6 Å². The average Bonchev–Trinajstić information content (AvgIpc) is 2.68. The molecule has 0 radical (unpaired) electrons. The first-order valence-corrected chi connectivity index (χ1v) is 10.2. The predicted molar refractivity (Wildman–Crippen MR) is 118 cm³/mol. The molecule has 6 heteroatoms. The molecule has 1 aliphatic rings. The molecule has 0 unspecified atom stereocenters. The van der Waals surface area contributed by atoms with Crippen molar-refractivity contribution in [1.82, 2.24) is 4.90 Å². The number of benzene rings is 2. The van der Waals surface area contributed by atoms with Crippen LogP contribution >= 0.6 is 0 Å². The highest BCUT2D eigenvalue weighted by Gasteiger charge is 2.16. The summed E-state index contributed by atoms with van der Waals surface area (Å²) in [5.41, 5.74) is 3.86. The Kier molecular flexibility index (Phi) is 7.25. The average molecular weight is 395 g/mol. The van der Waals surface area contributed by atoms with Gasteiger partial charge in [0.25, 0.3) is 0 Å². The van der Waals surface area contributed by atoms with Crippen LogP contribution in [0.25, 0.3) is 0 Å². The molecule has 0 saturated carbocycles. The largest absolute Gasteiger partial charge is 0.371 e. The summed E-state index contributed by atoms with van der Waals surface area (Å²) in [6.07, 6.45) is 3.79. The lowest BCUT2D eigenvalue weighted by atomic mass is 10.1. The van der Waals surface area contributed by atoms with E-state index >= 15 is 0 Å². The zero-order valence-electron chi connectivity index (χ0n) is 17.3. The Morgan fingerprint density at radius 2 is 1.66 bits per heavy atom. The monoisotopic (exact) mass is 394 g/mol. The highest BCUT2D eigenvalue weighted by Crippen LogP contribution is 2.25. The Hall–Kier alpha value is -2.86. The lowest BCUT2D eigenvalue weighted by Crippen LogP contribution is -2.33. The van der Waals surface area contributed by atoms with E-state index in [1.54, 1.807) is 18.2 Å². The molecule has 1 aliphatic heterocycles. The summed E-state index contributed by atoms with van der Waals surface area (Å²) in [6, 6.07) is 15.6. The van der Waals surface area contributed by atoms with Crippen LogP contribution in [0.3, 0.4) is 0 Å². The number of hydrogen-bond donors (Lipinski definition) is 2. The standard InChI is InChI=1S/C23H30N4O2/c1-18(28)24-20-10-8-11-21(15-20)25-23(29)17-26(2)16-19-9-4-5-12-22(19)27-13-6-3-7-14-27/h4-5,8-12,15H,3,6-7,13-14,16-17H2,1-2H3,(H,24,28)(H,25,29). The minimum atomic E-state index is -0.138. The van der Waals surface area contributed by atoms with Gasteiger partial charge in [-0.3, -0.25) is 14.5 Å². The summed E-state index contributed by atoms with van der Waals surface area (Å²) >= 11 is 0. The van der Waals surface area contributed by atoms with Gasteiger partial charge in [0.15, 0.2) is 0 Å². The van der Waals surface area contributed by atoms with Crippen LogP contribution in [0.4, 0.5) is 17.1 Å². The van der Waals surface area contributed by atoms with Crippen LogP contribution in [0.5, 0.6) is 0 Å². The molecule has 6 nitrogen and oxygen atoms in total. The lowest BCUT2D eigenvalue weighted by molar-refractivity contribution is -0.117. The zero-order chi connectivity index (χ0) is 20.6. The number of amides is 2. The third kappa shape index (κ3) is 6.32. The molecular weight excluding hydrogens is 364 g/mol. The number of nitrogens with zero attached hydrogens (tertiary/aromatic N) is 2. The van der Waals surface area contributed by atoms with E-state index < -0.39 is 0 Å². The first-order chi connectivity index (χ1) is 14.0. The van der Waals surface area contributed by atoms with Crippen molar-refractivity contribution in [3.63, 3.8) is 0 Å². The van der Waals surface area contributed by atoms with E-state index in [1.807, 2.05) is 18.0 Å². The Morgan fingerprint density at radius 3 is 2.38 bits per heavy atom. The molecule has 0 aromatic heterocycles. The molecule has 3 rings (SSSR count). The zero-order valence-corrected chi connectivity index (χ0v) is 17.3. The number of piperidine rings is 1. The van der Waals surface area contributed by atoms with Gasteiger partial charge in [-0.25, -0.2) is 0 Å². The molecule has 1 fully saturated rings. The molecule has 0 aliphatic carbocycles. The number of carbonyl (C=O) groups is 2. The normalized spacial score (nSPS) is 14.0. The van der Waals surface area contributed by atoms with Crippen LogP contribution in [0.1, 0.15) is 31.7 Å². The van der Waals surface area contributed by atoms with Crippen molar-refractivity contribution in [3.8, 4) is 0 Å². The summed E-state index contributed by atoms with van der Waals surface area (Å²) in [6.45, 7) is 4.67. The van der Waals surface area contributed by atoms with E-state index in [0.717, 1.165) is 13.1 Å². The minimum absolute atomic E-state index is 0.0806. The van der Waals surface area contributed by atoms with Gasteiger partial charge in [-0.2, -0.15) is 0 Å². The highest BCUT2D eigenvalue weighted by atomic mass is 16.2. The number of anilines is 3. The highest BCUT2D eigenvalue weighted by molar-refractivity contribution is 5.94. The molecule has 1 heterocycles. The fourth-order valence-electron chi connectivity index (χ4n) is 3.76. The van der Waals surface area contributed by atoms with E-state index in [4.69, 9.17) is 0 Å². The van der Waals surface area contributed by atoms with Gasteiger partial charge in [-0.1, -0.05) is 24.3 Å². The summed E-state index contributed by atoms with van der Waals surface area (Å²) in [5.74, 6) is -0.219. The van der Waals surface area contributed by atoms with Gasteiger partial charge >= 0.3 is 0 Å². The molecule has 1 saturated heterocycles. The molecule has 154 valence electrons. The van der Waals surface area contributed by atoms with Crippen LogP contribution < -0.4 is 15.5 Å². The van der Waals surface area contributed by atoms with Crippen molar-refractivity contribution < 1.29 is 9.59 Å². The molecule has 2 aromatic carbocycles. The molecule has 29 heavy (non-hydrogen) atoms. The van der Waals surface area contributed by atoms with Gasteiger partial charge in [-0.05, 0) is 56.1 Å². The van der Waals surface area contributed by atoms with Gasteiger partial charge in [0.2, 0.25) is 11.8 Å². The van der Waals surface area contributed by atoms with Gasteiger partial charge in [0.1, 0.15) is 0 Å². The summed E-state index contributed by atoms with van der Waals surface area (Å²) < 4.78 is 0. The predicted octanol–water partition coefficient (Wildman–Crippen LogP) is 3.71. The molecular formula is C23H30N4O2. The maximum Gasteiger partial charge on any atom is 0.238 e. The SMILES string of the molecule is CC(=O)Nc1cccc(NC(=O)CN(C)Cc2ccccc2N2CCCCC2)c1. The topological polar surface area (TPSA) is 64.7 Å². The lowest BCUT2D eigenvalue weighted by Gasteiger charge is -2.31. The van der Waals surface area contributed by atoms with Crippen molar-refractivity contribution in [3.05, 3.63) is 54.1 Å². The number of nitrogens with one attached hydrogen (secondary N) is 2. The molecule has 2 amide bonds. The fraction of sp³-hybridized carbons (Fsp3) is 0.391. The van der Waals surface area contributed by atoms with Gasteiger partial charge in [0.05, 0.1) is 6.54 Å². The second-order valence-corrected chi connectivity index (χ2v) is 7.66. The van der Waals surface area contributed by atoms with Crippen LogP contribution in [0, 0.1) is 0 Å². The summed E-state index contributed by atoms with van der Waals surface area (Å²) in [5, 5.41) is 5.63. The maximum atomic E-state index is 12.5.